The van der Waals surface area contributed by atoms with Gasteiger partial charge in [-0.05, 0) is 35.0 Å². The number of allylic oxidation sites excluding steroid dienone is 1. The van der Waals surface area contributed by atoms with Crippen molar-refractivity contribution in [2.24, 2.45) is 0 Å². The van der Waals surface area contributed by atoms with Gasteiger partial charge in [0.05, 0.1) is 18.2 Å². The smallest absolute Gasteiger partial charge is 0.273 e. The lowest BCUT2D eigenvalue weighted by Crippen LogP contribution is -2.20. The molecular weight excluding hydrogens is 400 g/mol. The summed E-state index contributed by atoms with van der Waals surface area (Å²) in [6, 6.07) is 17.6. The van der Waals surface area contributed by atoms with Crippen LogP contribution in [0.4, 0.5) is 0 Å². The highest BCUT2D eigenvalue weighted by atomic mass is 32.1. The second-order valence-electron chi connectivity index (χ2n) is 6.45. The number of hydrogen-bond donors (Lipinski definition) is 0. The molecule has 0 aliphatic rings. The third-order valence-corrected chi connectivity index (χ3v) is 6.05. The summed E-state index contributed by atoms with van der Waals surface area (Å²) in [5.74, 6) is 0. The van der Waals surface area contributed by atoms with Crippen molar-refractivity contribution in [1.29, 1.82) is 5.26 Å². The van der Waals surface area contributed by atoms with Crippen LogP contribution in [0.5, 0.6) is 0 Å². The van der Waals surface area contributed by atoms with Crippen LogP contribution in [0.1, 0.15) is 11.1 Å². The van der Waals surface area contributed by atoms with Crippen LogP contribution in [0.15, 0.2) is 72.3 Å². The van der Waals surface area contributed by atoms with E-state index < -0.39 is 0 Å². The molecule has 0 saturated heterocycles. The number of rotatable bonds is 5. The number of fused-ring (bicyclic) bond motifs is 1. The van der Waals surface area contributed by atoms with Gasteiger partial charge in [0.15, 0.2) is 9.60 Å². The molecule has 0 bridgehead atoms. The van der Waals surface area contributed by atoms with Crippen LogP contribution in [0, 0.1) is 15.3 Å². The highest BCUT2D eigenvalue weighted by molar-refractivity contribution is 7.73. The fourth-order valence-corrected chi connectivity index (χ4v) is 4.51. The number of nitriles is 1. The number of nitrogens with zero attached hydrogens (tertiary/aromatic N) is 4. The van der Waals surface area contributed by atoms with Crippen molar-refractivity contribution < 1.29 is 0 Å². The predicted molar refractivity (Wildman–Crippen MR) is 119 cm³/mol. The van der Waals surface area contributed by atoms with Crippen molar-refractivity contribution in [3.63, 3.8) is 0 Å². The molecule has 0 saturated carbocycles. The molecule has 7 heteroatoms. The largest absolute Gasteiger partial charge is 0.304 e. The number of benzene rings is 2. The van der Waals surface area contributed by atoms with Gasteiger partial charge in [0.2, 0.25) is 0 Å². The van der Waals surface area contributed by atoms with E-state index >= 15 is 0 Å². The molecule has 0 spiro atoms. The minimum Gasteiger partial charge on any atom is -0.304 e. The molecule has 0 atom stereocenters. The topological polar surface area (TPSA) is 63.6 Å². The Labute approximate surface area is 176 Å². The minimum absolute atomic E-state index is 0.104. The zero-order valence-electron chi connectivity index (χ0n) is 15.4. The van der Waals surface area contributed by atoms with Gasteiger partial charge in [-0.15, -0.1) is 6.58 Å². The minimum atomic E-state index is -0.104. The van der Waals surface area contributed by atoms with Gasteiger partial charge >= 0.3 is 0 Å². The van der Waals surface area contributed by atoms with E-state index in [4.69, 9.17) is 12.2 Å². The Hall–Kier alpha value is -3.34. The Kier molecular flexibility index (Phi) is 5.21. The molecule has 0 unspecified atom stereocenters. The van der Waals surface area contributed by atoms with E-state index in [1.54, 1.807) is 23.0 Å². The lowest BCUT2D eigenvalue weighted by molar-refractivity contribution is 0.741. The van der Waals surface area contributed by atoms with Crippen LogP contribution in [0.3, 0.4) is 0 Å². The first-order valence-corrected chi connectivity index (χ1v) is 10.1. The first-order chi connectivity index (χ1) is 14.1. The average molecular weight is 417 g/mol. The zero-order valence-corrected chi connectivity index (χ0v) is 17.0. The van der Waals surface area contributed by atoms with Gasteiger partial charge in [0, 0.05) is 6.54 Å². The summed E-state index contributed by atoms with van der Waals surface area (Å²) in [4.78, 5) is 17.3. The highest BCUT2D eigenvalue weighted by Gasteiger charge is 2.12. The molecule has 4 aromatic rings. The third kappa shape index (κ3) is 3.56. The Morgan fingerprint density at radius 3 is 2.69 bits per heavy atom. The maximum Gasteiger partial charge on any atom is 0.273 e. The van der Waals surface area contributed by atoms with Crippen LogP contribution in [-0.2, 0) is 13.1 Å². The van der Waals surface area contributed by atoms with Crippen LogP contribution < -0.4 is 5.56 Å². The van der Waals surface area contributed by atoms with Gasteiger partial charge in [-0.3, -0.25) is 9.36 Å². The Bertz CT molecular complexity index is 1370. The normalized spacial score (nSPS) is 10.7. The van der Waals surface area contributed by atoms with Crippen LogP contribution in [0.2, 0.25) is 0 Å². The molecule has 5 nitrogen and oxygen atoms in total. The quantitative estimate of drug-likeness (QED) is 0.347. The Morgan fingerprint density at radius 2 is 1.97 bits per heavy atom. The molecule has 0 amide bonds. The maximum absolute atomic E-state index is 12.9. The number of aromatic nitrogens is 3. The second-order valence-corrected chi connectivity index (χ2v) is 8.10. The van der Waals surface area contributed by atoms with Crippen molar-refractivity contribution in [3.05, 3.63) is 92.9 Å². The first kappa shape index (κ1) is 19.0. The molecule has 0 fully saturated rings. The predicted octanol–water partition coefficient (Wildman–Crippen LogP) is 4.76. The van der Waals surface area contributed by atoms with E-state index in [9.17, 15) is 10.1 Å². The summed E-state index contributed by atoms with van der Waals surface area (Å²) in [5, 5.41) is 9.29. The van der Waals surface area contributed by atoms with Crippen LogP contribution in [0.25, 0.3) is 21.5 Å². The van der Waals surface area contributed by atoms with Crippen molar-refractivity contribution >= 4 is 33.9 Å². The van der Waals surface area contributed by atoms with Gasteiger partial charge in [0.25, 0.3) is 5.56 Å². The standard InChI is InChI=1S/C22H16N4OS2/c1-2-11-26-20-19(29-22(26)28)21(27)25(14-24-20)13-15-7-9-16(10-8-15)18-6-4-3-5-17(18)12-23/h2-10,14H,1,11,13H2. The fraction of sp³-hybridized carbons (Fsp3) is 0.0909. The van der Waals surface area contributed by atoms with Gasteiger partial charge < -0.3 is 4.57 Å². The highest BCUT2D eigenvalue weighted by Crippen LogP contribution is 2.24. The summed E-state index contributed by atoms with van der Waals surface area (Å²) in [6.45, 7) is 4.67. The first-order valence-electron chi connectivity index (χ1n) is 8.90. The number of thiazole rings is 1. The van der Waals surface area contributed by atoms with Gasteiger partial charge in [0.1, 0.15) is 11.0 Å². The average Bonchev–Trinajstić information content (AvgIpc) is 3.07. The molecule has 0 aliphatic heterocycles. The Morgan fingerprint density at radius 1 is 1.21 bits per heavy atom. The van der Waals surface area contributed by atoms with Gasteiger partial charge in [-0.25, -0.2) is 4.98 Å². The fourth-order valence-electron chi connectivity index (χ4n) is 3.19. The van der Waals surface area contributed by atoms with Gasteiger partial charge in [-0.1, -0.05) is 59.9 Å². The molecular formula is C22H16N4OS2. The van der Waals surface area contributed by atoms with E-state index in [1.807, 2.05) is 47.0 Å². The lowest BCUT2D eigenvalue weighted by Gasteiger charge is -2.08. The van der Waals surface area contributed by atoms with Gasteiger partial charge in [-0.2, -0.15) is 5.26 Å². The molecule has 2 heterocycles. The van der Waals surface area contributed by atoms with Crippen LogP contribution >= 0.6 is 23.6 Å². The second kappa shape index (κ2) is 7.95. The monoisotopic (exact) mass is 416 g/mol. The van der Waals surface area contributed by atoms with Crippen molar-refractivity contribution in [1.82, 2.24) is 14.1 Å². The molecule has 0 aliphatic carbocycles. The van der Waals surface area contributed by atoms with Crippen molar-refractivity contribution in [2.75, 3.05) is 0 Å². The lowest BCUT2D eigenvalue weighted by atomic mass is 9.99. The summed E-state index contributed by atoms with van der Waals surface area (Å²) in [6.07, 6.45) is 3.30. The Balaban J connectivity index is 1.66. The molecule has 0 radical (unpaired) electrons. The van der Waals surface area contributed by atoms with Crippen molar-refractivity contribution in [3.8, 4) is 17.2 Å². The van der Waals surface area contributed by atoms with E-state index in [0.29, 0.717) is 33.0 Å². The summed E-state index contributed by atoms with van der Waals surface area (Å²) in [7, 11) is 0. The summed E-state index contributed by atoms with van der Waals surface area (Å²) >= 11 is 6.63. The zero-order chi connectivity index (χ0) is 20.4. The van der Waals surface area contributed by atoms with E-state index in [1.165, 1.54) is 11.3 Å². The number of hydrogen-bond acceptors (Lipinski definition) is 5. The third-order valence-electron chi connectivity index (χ3n) is 4.62. The van der Waals surface area contributed by atoms with E-state index in [-0.39, 0.29) is 5.56 Å². The molecule has 29 heavy (non-hydrogen) atoms. The van der Waals surface area contributed by atoms with Crippen molar-refractivity contribution in [2.45, 2.75) is 13.1 Å². The molecule has 4 rings (SSSR count). The van der Waals surface area contributed by atoms with Crippen LogP contribution in [-0.4, -0.2) is 14.1 Å². The molecule has 2 aromatic carbocycles. The summed E-state index contributed by atoms with van der Waals surface area (Å²) in [5.41, 5.74) is 3.96. The van der Waals surface area contributed by atoms with E-state index in [0.717, 1.165) is 16.7 Å². The molecule has 0 N–H and O–H groups in total. The molecule has 2 aromatic heterocycles. The maximum atomic E-state index is 12.9. The SMILES string of the molecule is C=CCn1c(=S)sc2c(=O)n(Cc3ccc(-c4ccccc4C#N)cc3)cnc21. The molecule has 142 valence electrons. The van der Waals surface area contributed by atoms with E-state index in [2.05, 4.69) is 17.6 Å². The summed E-state index contributed by atoms with van der Waals surface area (Å²) < 4.78 is 4.57.